The van der Waals surface area contributed by atoms with E-state index in [0.717, 1.165) is 0 Å². The normalized spacial score (nSPS) is 18.9. The molecule has 0 aromatic rings. The van der Waals surface area contributed by atoms with Crippen molar-refractivity contribution in [3.05, 3.63) is 0 Å². The molecule has 11 heavy (non-hydrogen) atoms. The molecule has 0 fully saturated rings. The Hall–Kier alpha value is -0.610. The lowest BCUT2D eigenvalue weighted by Crippen LogP contribution is -2.41. The lowest BCUT2D eigenvalue weighted by atomic mass is 9.95. The molecule has 4 N–H and O–H groups in total. The van der Waals surface area contributed by atoms with Crippen LogP contribution in [0.25, 0.3) is 0 Å². The topological polar surface area (TPSA) is 83.5 Å². The largest absolute Gasteiger partial charge is 0.480 e. The summed E-state index contributed by atoms with van der Waals surface area (Å²) in [6, 6.07) is -0.968. The molecule has 0 unspecified atom stereocenters. The highest BCUT2D eigenvalue weighted by atomic mass is 16.4. The zero-order valence-electron chi connectivity index (χ0n) is 6.82. The van der Waals surface area contributed by atoms with E-state index in [1.54, 1.807) is 13.8 Å². The average Bonchev–Trinajstić information content (AvgIpc) is 2.00. The van der Waals surface area contributed by atoms with E-state index in [9.17, 15) is 9.90 Å². The maximum Gasteiger partial charge on any atom is 0.320 e. The SMILES string of the molecule is CC[C@@H](O)[C@H](C)[C@H](N)C(=O)O. The van der Waals surface area contributed by atoms with Gasteiger partial charge in [0.2, 0.25) is 0 Å². The molecule has 0 aliphatic carbocycles. The summed E-state index contributed by atoms with van der Waals surface area (Å²) in [6.45, 7) is 3.42. The lowest BCUT2D eigenvalue weighted by Gasteiger charge is -2.20. The van der Waals surface area contributed by atoms with Crippen LogP contribution in [0.4, 0.5) is 0 Å². The number of aliphatic carboxylic acids is 1. The summed E-state index contributed by atoms with van der Waals surface area (Å²) in [6.07, 6.45) is -0.0941. The minimum atomic E-state index is -1.06. The van der Waals surface area contributed by atoms with E-state index in [4.69, 9.17) is 10.8 Å². The van der Waals surface area contributed by atoms with E-state index in [2.05, 4.69) is 0 Å². The van der Waals surface area contributed by atoms with Gasteiger partial charge in [-0.15, -0.1) is 0 Å². The Labute approximate surface area is 66.0 Å². The monoisotopic (exact) mass is 161 g/mol. The van der Waals surface area contributed by atoms with Crippen LogP contribution in [0.2, 0.25) is 0 Å². The third-order valence-electron chi connectivity index (χ3n) is 1.88. The lowest BCUT2D eigenvalue weighted by molar-refractivity contribution is -0.140. The molecule has 0 saturated heterocycles. The summed E-state index contributed by atoms with van der Waals surface area (Å²) in [7, 11) is 0. The molecule has 0 bridgehead atoms. The molecule has 0 aromatic carbocycles. The number of hydrogen-bond acceptors (Lipinski definition) is 3. The van der Waals surface area contributed by atoms with Crippen molar-refractivity contribution < 1.29 is 15.0 Å². The fourth-order valence-corrected chi connectivity index (χ4v) is 0.836. The predicted octanol–water partition coefficient (Wildman–Crippen LogP) is -0.195. The molecule has 0 radical (unpaired) electrons. The molecule has 0 amide bonds. The van der Waals surface area contributed by atoms with Crippen molar-refractivity contribution >= 4 is 5.97 Å². The van der Waals surface area contributed by atoms with Crippen molar-refractivity contribution in [3.8, 4) is 0 Å². The Morgan fingerprint density at radius 2 is 2.09 bits per heavy atom. The van der Waals surface area contributed by atoms with Crippen molar-refractivity contribution in [2.75, 3.05) is 0 Å². The Morgan fingerprint density at radius 1 is 1.64 bits per heavy atom. The fraction of sp³-hybridized carbons (Fsp3) is 0.857. The first-order valence-corrected chi connectivity index (χ1v) is 3.67. The third-order valence-corrected chi connectivity index (χ3v) is 1.88. The predicted molar refractivity (Wildman–Crippen MR) is 41.1 cm³/mol. The zero-order valence-corrected chi connectivity index (χ0v) is 6.82. The zero-order chi connectivity index (χ0) is 9.02. The van der Waals surface area contributed by atoms with Crippen LogP contribution in [0.3, 0.4) is 0 Å². The number of carboxylic acid groups (broad SMARTS) is 1. The summed E-state index contributed by atoms with van der Waals surface area (Å²) in [5, 5.41) is 17.7. The van der Waals surface area contributed by atoms with Gasteiger partial charge in [-0.2, -0.15) is 0 Å². The number of carbonyl (C=O) groups is 1. The van der Waals surface area contributed by atoms with Gasteiger partial charge >= 0.3 is 5.97 Å². The standard InChI is InChI=1S/C7H15NO3/c1-3-5(9)4(2)6(8)7(10)11/h4-6,9H,3,8H2,1-2H3,(H,10,11)/t4-,5+,6-/m0/s1. The van der Waals surface area contributed by atoms with E-state index in [1.165, 1.54) is 0 Å². The Morgan fingerprint density at radius 3 is 2.36 bits per heavy atom. The first kappa shape index (κ1) is 10.4. The molecule has 0 spiro atoms. The number of aliphatic hydroxyl groups is 1. The van der Waals surface area contributed by atoms with E-state index in [-0.39, 0.29) is 0 Å². The first-order chi connectivity index (χ1) is 5.00. The molecule has 4 heteroatoms. The second kappa shape index (κ2) is 4.31. The van der Waals surface area contributed by atoms with Gasteiger partial charge in [0.15, 0.2) is 0 Å². The highest BCUT2D eigenvalue weighted by molar-refractivity contribution is 5.73. The molecular weight excluding hydrogens is 146 g/mol. The minimum absolute atomic E-state index is 0.391. The van der Waals surface area contributed by atoms with E-state index < -0.39 is 24.0 Å². The van der Waals surface area contributed by atoms with Gasteiger partial charge in [0.05, 0.1) is 6.10 Å². The smallest absolute Gasteiger partial charge is 0.320 e. The summed E-state index contributed by atoms with van der Waals surface area (Å²) in [4.78, 5) is 10.3. The summed E-state index contributed by atoms with van der Waals surface area (Å²) in [5.74, 6) is -1.46. The highest BCUT2D eigenvalue weighted by Gasteiger charge is 2.24. The van der Waals surface area contributed by atoms with Gasteiger partial charge in [0.25, 0.3) is 0 Å². The number of aliphatic hydroxyl groups excluding tert-OH is 1. The Balaban J connectivity index is 4.00. The number of nitrogens with two attached hydrogens (primary N) is 1. The van der Waals surface area contributed by atoms with Crippen LogP contribution in [0.5, 0.6) is 0 Å². The fourth-order valence-electron chi connectivity index (χ4n) is 0.836. The maximum absolute atomic E-state index is 10.3. The van der Waals surface area contributed by atoms with E-state index in [0.29, 0.717) is 6.42 Å². The van der Waals surface area contributed by atoms with Crippen LogP contribution in [0, 0.1) is 5.92 Å². The van der Waals surface area contributed by atoms with Crippen LogP contribution in [0.1, 0.15) is 20.3 Å². The van der Waals surface area contributed by atoms with Crippen molar-refractivity contribution in [3.63, 3.8) is 0 Å². The summed E-state index contributed by atoms with van der Waals surface area (Å²) in [5.41, 5.74) is 5.28. The Kier molecular flexibility index (Phi) is 4.07. The van der Waals surface area contributed by atoms with E-state index in [1.807, 2.05) is 0 Å². The van der Waals surface area contributed by atoms with Gasteiger partial charge in [-0.3, -0.25) is 4.79 Å². The summed E-state index contributed by atoms with van der Waals surface area (Å²) < 4.78 is 0. The van der Waals surface area contributed by atoms with Gasteiger partial charge in [-0.25, -0.2) is 0 Å². The number of rotatable bonds is 4. The van der Waals surface area contributed by atoms with Crippen molar-refractivity contribution in [2.24, 2.45) is 11.7 Å². The summed E-state index contributed by atoms with van der Waals surface area (Å²) >= 11 is 0. The van der Waals surface area contributed by atoms with Gasteiger partial charge in [-0.1, -0.05) is 13.8 Å². The molecule has 0 aromatic heterocycles. The maximum atomic E-state index is 10.3. The van der Waals surface area contributed by atoms with Gasteiger partial charge in [0.1, 0.15) is 6.04 Å². The van der Waals surface area contributed by atoms with Crippen molar-refractivity contribution in [2.45, 2.75) is 32.4 Å². The Bertz CT molecular complexity index is 138. The van der Waals surface area contributed by atoms with Crippen LogP contribution in [0.15, 0.2) is 0 Å². The molecule has 3 atom stereocenters. The minimum Gasteiger partial charge on any atom is -0.480 e. The van der Waals surface area contributed by atoms with Crippen LogP contribution >= 0.6 is 0 Å². The highest BCUT2D eigenvalue weighted by Crippen LogP contribution is 2.09. The number of hydrogen-bond donors (Lipinski definition) is 3. The molecule has 0 aliphatic rings. The molecule has 0 saturated carbocycles. The van der Waals surface area contributed by atoms with Crippen molar-refractivity contribution in [1.82, 2.24) is 0 Å². The average molecular weight is 161 g/mol. The van der Waals surface area contributed by atoms with Gasteiger partial charge in [-0.05, 0) is 6.42 Å². The second-order valence-corrected chi connectivity index (χ2v) is 2.70. The van der Waals surface area contributed by atoms with Crippen LogP contribution in [-0.4, -0.2) is 28.3 Å². The molecule has 0 aliphatic heterocycles. The molecule has 0 heterocycles. The van der Waals surface area contributed by atoms with E-state index >= 15 is 0 Å². The quantitative estimate of drug-likeness (QED) is 0.533. The van der Waals surface area contributed by atoms with Gasteiger partial charge in [0, 0.05) is 5.92 Å². The third kappa shape index (κ3) is 2.86. The van der Waals surface area contributed by atoms with Crippen LogP contribution < -0.4 is 5.73 Å². The van der Waals surface area contributed by atoms with Crippen molar-refractivity contribution in [1.29, 1.82) is 0 Å². The molecular formula is C7H15NO3. The molecule has 66 valence electrons. The number of carboxylic acids is 1. The molecule has 4 nitrogen and oxygen atoms in total. The van der Waals surface area contributed by atoms with Gasteiger partial charge < -0.3 is 15.9 Å². The van der Waals surface area contributed by atoms with Crippen LogP contribution in [-0.2, 0) is 4.79 Å². The second-order valence-electron chi connectivity index (χ2n) is 2.70. The molecule has 0 rings (SSSR count). The first-order valence-electron chi connectivity index (χ1n) is 3.67.